The summed E-state index contributed by atoms with van der Waals surface area (Å²) in [6.07, 6.45) is 0.930. The second-order valence-electron chi connectivity index (χ2n) is 3.89. The Labute approximate surface area is 108 Å². The highest BCUT2D eigenvalue weighted by Gasteiger charge is 2.03. The lowest BCUT2D eigenvalue weighted by molar-refractivity contribution is 0.339. The van der Waals surface area contributed by atoms with E-state index in [2.05, 4.69) is 17.3 Å². The zero-order chi connectivity index (χ0) is 12.0. The van der Waals surface area contributed by atoms with Gasteiger partial charge < -0.3 is 10.2 Å². The van der Waals surface area contributed by atoms with Crippen molar-refractivity contribution < 1.29 is 0 Å². The van der Waals surface area contributed by atoms with Gasteiger partial charge in [0.2, 0.25) is 0 Å². The quantitative estimate of drug-likeness (QED) is 0.847. The molecule has 1 aromatic carbocycles. The van der Waals surface area contributed by atoms with Crippen LogP contribution in [0, 0.1) is 0 Å². The van der Waals surface area contributed by atoms with E-state index in [0.29, 0.717) is 0 Å². The largest absolute Gasteiger partial charge is 0.318 e. The number of rotatable bonds is 6. The van der Waals surface area contributed by atoms with Gasteiger partial charge in [0.25, 0.3) is 0 Å². The summed E-state index contributed by atoms with van der Waals surface area (Å²) in [5.41, 5.74) is 1.12. The van der Waals surface area contributed by atoms with Gasteiger partial charge in [-0.3, -0.25) is 0 Å². The average Bonchev–Trinajstić information content (AvgIpc) is 2.27. The first-order valence-electron chi connectivity index (χ1n) is 5.40. The maximum absolute atomic E-state index is 6.09. The van der Waals surface area contributed by atoms with Crippen LogP contribution in [0.5, 0.6) is 0 Å². The highest BCUT2D eigenvalue weighted by atomic mass is 35.5. The summed E-state index contributed by atoms with van der Waals surface area (Å²) >= 11 is 12.0. The Balaban J connectivity index is 2.44. The molecule has 0 aromatic heterocycles. The van der Waals surface area contributed by atoms with Crippen molar-refractivity contribution in [3.63, 3.8) is 0 Å². The Morgan fingerprint density at radius 1 is 1.25 bits per heavy atom. The van der Waals surface area contributed by atoms with Crippen LogP contribution >= 0.6 is 23.2 Å². The molecule has 90 valence electrons. The standard InChI is InChI=1S/C12H18Cl2N2/c1-15-6-8-16(2)7-5-10-9-11(13)3-4-12(10)14/h3-4,9,15H,5-8H2,1-2H3. The lowest BCUT2D eigenvalue weighted by Gasteiger charge is -2.16. The molecule has 0 amide bonds. The Morgan fingerprint density at radius 3 is 2.69 bits per heavy atom. The zero-order valence-electron chi connectivity index (χ0n) is 9.76. The number of nitrogens with zero attached hydrogens (tertiary/aromatic N) is 1. The van der Waals surface area contributed by atoms with E-state index in [0.717, 1.165) is 41.7 Å². The molecule has 0 saturated heterocycles. The normalized spacial score (nSPS) is 11.1. The Hall–Kier alpha value is -0.280. The zero-order valence-corrected chi connectivity index (χ0v) is 11.3. The Bertz CT molecular complexity index is 329. The van der Waals surface area contributed by atoms with E-state index in [1.54, 1.807) is 0 Å². The lowest BCUT2D eigenvalue weighted by atomic mass is 10.1. The van der Waals surface area contributed by atoms with Crippen LogP contribution in [-0.4, -0.2) is 38.6 Å². The molecule has 0 spiro atoms. The molecule has 0 aliphatic heterocycles. The fourth-order valence-electron chi connectivity index (χ4n) is 1.46. The number of hydrogen-bond donors (Lipinski definition) is 1. The molecule has 0 unspecified atom stereocenters. The monoisotopic (exact) mass is 260 g/mol. The van der Waals surface area contributed by atoms with E-state index in [-0.39, 0.29) is 0 Å². The van der Waals surface area contributed by atoms with Gasteiger partial charge in [-0.1, -0.05) is 23.2 Å². The van der Waals surface area contributed by atoms with Crippen LogP contribution in [0.2, 0.25) is 10.0 Å². The van der Waals surface area contributed by atoms with Gasteiger partial charge in [0, 0.05) is 29.7 Å². The number of hydrogen-bond acceptors (Lipinski definition) is 2. The van der Waals surface area contributed by atoms with Gasteiger partial charge in [0.05, 0.1) is 0 Å². The van der Waals surface area contributed by atoms with Gasteiger partial charge in [-0.15, -0.1) is 0 Å². The smallest absolute Gasteiger partial charge is 0.0439 e. The third-order valence-corrected chi connectivity index (χ3v) is 3.12. The van der Waals surface area contributed by atoms with Crippen molar-refractivity contribution in [1.29, 1.82) is 0 Å². The van der Waals surface area contributed by atoms with Crippen LogP contribution in [0.1, 0.15) is 5.56 Å². The summed E-state index contributed by atoms with van der Waals surface area (Å²) in [7, 11) is 4.07. The fourth-order valence-corrected chi connectivity index (χ4v) is 1.87. The maximum atomic E-state index is 6.09. The minimum absolute atomic E-state index is 0.747. The molecule has 1 rings (SSSR count). The van der Waals surface area contributed by atoms with Crippen molar-refractivity contribution in [2.24, 2.45) is 0 Å². The minimum atomic E-state index is 0.747. The van der Waals surface area contributed by atoms with E-state index in [9.17, 15) is 0 Å². The molecular weight excluding hydrogens is 243 g/mol. The van der Waals surface area contributed by atoms with Gasteiger partial charge in [0.15, 0.2) is 0 Å². The molecule has 16 heavy (non-hydrogen) atoms. The molecule has 0 atom stereocenters. The molecule has 1 N–H and O–H groups in total. The summed E-state index contributed by atoms with van der Waals surface area (Å²) in [6.45, 7) is 3.02. The molecule has 0 saturated carbocycles. The summed E-state index contributed by atoms with van der Waals surface area (Å²) in [6, 6.07) is 5.61. The van der Waals surface area contributed by atoms with Crippen molar-refractivity contribution in [2.75, 3.05) is 33.7 Å². The van der Waals surface area contributed by atoms with Gasteiger partial charge in [-0.2, -0.15) is 0 Å². The minimum Gasteiger partial charge on any atom is -0.318 e. The molecule has 4 heteroatoms. The Kier molecular flexibility index (Phi) is 6.14. The first-order chi connectivity index (χ1) is 7.63. The van der Waals surface area contributed by atoms with E-state index in [1.165, 1.54) is 0 Å². The molecule has 0 fully saturated rings. The Morgan fingerprint density at radius 2 is 2.00 bits per heavy atom. The first kappa shape index (κ1) is 13.8. The van der Waals surface area contributed by atoms with E-state index in [1.807, 2.05) is 25.2 Å². The third-order valence-electron chi connectivity index (χ3n) is 2.51. The van der Waals surface area contributed by atoms with Crippen LogP contribution in [0.25, 0.3) is 0 Å². The van der Waals surface area contributed by atoms with Crippen LogP contribution in [-0.2, 0) is 6.42 Å². The molecule has 0 aliphatic rings. The number of nitrogens with one attached hydrogen (secondary N) is 1. The van der Waals surface area contributed by atoms with Crippen LogP contribution in [0.3, 0.4) is 0 Å². The maximum Gasteiger partial charge on any atom is 0.0439 e. The first-order valence-corrected chi connectivity index (χ1v) is 6.16. The van der Waals surface area contributed by atoms with Crippen molar-refractivity contribution in [3.05, 3.63) is 33.8 Å². The predicted molar refractivity (Wildman–Crippen MR) is 71.6 cm³/mol. The van der Waals surface area contributed by atoms with E-state index >= 15 is 0 Å². The number of likely N-dealkylation sites (N-methyl/N-ethyl adjacent to an activating group) is 2. The highest BCUT2D eigenvalue weighted by Crippen LogP contribution is 2.21. The average molecular weight is 261 g/mol. The highest BCUT2D eigenvalue weighted by molar-refractivity contribution is 6.33. The summed E-state index contributed by atoms with van der Waals surface area (Å²) in [5, 5.41) is 4.67. The van der Waals surface area contributed by atoms with Gasteiger partial charge >= 0.3 is 0 Å². The molecule has 2 nitrogen and oxygen atoms in total. The lowest BCUT2D eigenvalue weighted by Crippen LogP contribution is -2.29. The predicted octanol–water partition coefficient (Wildman–Crippen LogP) is 2.69. The molecular formula is C12H18Cl2N2. The van der Waals surface area contributed by atoms with Crippen molar-refractivity contribution in [3.8, 4) is 0 Å². The van der Waals surface area contributed by atoms with Crippen molar-refractivity contribution in [2.45, 2.75) is 6.42 Å². The van der Waals surface area contributed by atoms with E-state index < -0.39 is 0 Å². The molecule has 0 heterocycles. The molecule has 0 radical (unpaired) electrons. The van der Waals surface area contributed by atoms with Crippen molar-refractivity contribution in [1.82, 2.24) is 10.2 Å². The second kappa shape index (κ2) is 7.13. The van der Waals surface area contributed by atoms with Gasteiger partial charge in [-0.25, -0.2) is 0 Å². The second-order valence-corrected chi connectivity index (χ2v) is 4.74. The van der Waals surface area contributed by atoms with Crippen molar-refractivity contribution >= 4 is 23.2 Å². The van der Waals surface area contributed by atoms with Crippen LogP contribution in [0.15, 0.2) is 18.2 Å². The third kappa shape index (κ3) is 4.71. The summed E-state index contributed by atoms with van der Waals surface area (Å²) in [5.74, 6) is 0. The summed E-state index contributed by atoms with van der Waals surface area (Å²) in [4.78, 5) is 2.27. The topological polar surface area (TPSA) is 15.3 Å². The van der Waals surface area contributed by atoms with Gasteiger partial charge in [0.1, 0.15) is 0 Å². The SMILES string of the molecule is CNCCN(C)CCc1cc(Cl)ccc1Cl. The van der Waals surface area contributed by atoms with Gasteiger partial charge in [-0.05, 0) is 44.3 Å². The fraction of sp³-hybridized carbons (Fsp3) is 0.500. The molecule has 0 bridgehead atoms. The summed E-state index contributed by atoms with van der Waals surface area (Å²) < 4.78 is 0. The molecule has 0 aliphatic carbocycles. The number of halogens is 2. The van der Waals surface area contributed by atoms with Crippen LogP contribution < -0.4 is 5.32 Å². The van der Waals surface area contributed by atoms with E-state index in [4.69, 9.17) is 23.2 Å². The van der Waals surface area contributed by atoms with Crippen LogP contribution in [0.4, 0.5) is 0 Å². The number of benzene rings is 1. The molecule has 1 aromatic rings.